The van der Waals surface area contributed by atoms with E-state index in [0.29, 0.717) is 0 Å². The molecule has 2 aliphatic heterocycles. The van der Waals surface area contributed by atoms with Crippen LogP contribution in [-0.4, -0.2) is 0 Å². The van der Waals surface area contributed by atoms with E-state index in [4.69, 9.17) is 0 Å². The van der Waals surface area contributed by atoms with Gasteiger partial charge in [0.05, 0.1) is 45.5 Å². The summed E-state index contributed by atoms with van der Waals surface area (Å²) in [5.41, 5.74) is 23.2. The normalized spacial score (nSPS) is 13.0. The quantitative estimate of drug-likeness (QED) is 0.174. The van der Waals surface area contributed by atoms with Crippen LogP contribution in [0, 0.1) is 0 Å². The molecule has 1 aliphatic carbocycles. The maximum atomic E-state index is 2.49. The highest BCUT2D eigenvalue weighted by molar-refractivity contribution is 7.25. The van der Waals surface area contributed by atoms with Crippen molar-refractivity contribution in [3.8, 4) is 44.5 Å². The third kappa shape index (κ3) is 6.03. The molecule has 0 fully saturated rings. The van der Waals surface area contributed by atoms with Gasteiger partial charge in [-0.3, -0.25) is 0 Å². The number of nitrogens with zero attached hydrogens (tertiary/aromatic N) is 4. The van der Waals surface area contributed by atoms with Crippen molar-refractivity contribution in [2.24, 2.45) is 0 Å². The molecule has 12 aromatic rings. The summed E-state index contributed by atoms with van der Waals surface area (Å²) in [4.78, 5) is 9.76. The van der Waals surface area contributed by atoms with E-state index in [0.717, 1.165) is 68.2 Å². The first-order chi connectivity index (χ1) is 35.2. The predicted molar refractivity (Wildman–Crippen MR) is 300 cm³/mol. The van der Waals surface area contributed by atoms with Gasteiger partial charge in [0.2, 0.25) is 0 Å². The number of thiophene rings is 1. The van der Waals surface area contributed by atoms with Gasteiger partial charge in [-0.25, -0.2) is 0 Å². The van der Waals surface area contributed by atoms with Crippen molar-refractivity contribution in [3.63, 3.8) is 0 Å². The van der Waals surface area contributed by atoms with Gasteiger partial charge in [0.15, 0.2) is 0 Å². The zero-order chi connectivity index (χ0) is 46.6. The van der Waals surface area contributed by atoms with Gasteiger partial charge in [0.1, 0.15) is 0 Å². The molecule has 0 saturated carbocycles. The Labute approximate surface area is 416 Å². The van der Waals surface area contributed by atoms with E-state index in [-0.39, 0.29) is 0 Å². The molecule has 5 heteroatoms. The minimum absolute atomic E-state index is 1.11. The van der Waals surface area contributed by atoms with Gasteiger partial charge >= 0.3 is 0 Å². The van der Waals surface area contributed by atoms with Crippen molar-refractivity contribution in [2.75, 3.05) is 19.6 Å². The van der Waals surface area contributed by atoms with Crippen LogP contribution in [0.2, 0.25) is 0 Å². The molecule has 1 aromatic heterocycles. The minimum Gasteiger partial charge on any atom is -0.306 e. The van der Waals surface area contributed by atoms with E-state index in [1.165, 1.54) is 64.7 Å². The van der Waals surface area contributed by atoms with Crippen LogP contribution >= 0.6 is 11.3 Å². The molecule has 3 aliphatic rings. The van der Waals surface area contributed by atoms with E-state index in [1.807, 2.05) is 11.3 Å². The first-order valence-corrected chi connectivity index (χ1v) is 25.1. The Balaban J connectivity index is 0.924. The largest absolute Gasteiger partial charge is 0.306 e. The molecule has 15 rings (SSSR count). The Morgan fingerprint density at radius 3 is 1.01 bits per heavy atom. The van der Waals surface area contributed by atoms with Gasteiger partial charge in [-0.2, -0.15) is 0 Å². The van der Waals surface area contributed by atoms with Crippen LogP contribution in [0.25, 0.3) is 64.7 Å². The zero-order valence-electron chi connectivity index (χ0n) is 38.4. The van der Waals surface area contributed by atoms with Crippen molar-refractivity contribution in [3.05, 3.63) is 255 Å². The number of para-hydroxylation sites is 8. The smallest absolute Gasteiger partial charge is 0.0717 e. The highest BCUT2D eigenvalue weighted by Gasteiger charge is 2.34. The highest BCUT2D eigenvalue weighted by Crippen LogP contribution is 2.59. The fourth-order valence-electron chi connectivity index (χ4n) is 11.6. The predicted octanol–water partition coefficient (Wildman–Crippen LogP) is 19.5. The van der Waals surface area contributed by atoms with E-state index < -0.39 is 0 Å². The maximum absolute atomic E-state index is 2.49. The van der Waals surface area contributed by atoms with Crippen LogP contribution in [0.3, 0.4) is 0 Å². The number of anilines is 12. The molecule has 11 aromatic carbocycles. The average molecular weight is 923 g/mol. The lowest BCUT2D eigenvalue weighted by Crippen LogP contribution is -2.24. The van der Waals surface area contributed by atoms with Crippen LogP contribution in [0.1, 0.15) is 0 Å². The number of rotatable bonds is 4. The molecular formula is C66H42N4S. The molecule has 0 saturated heterocycles. The summed E-state index contributed by atoms with van der Waals surface area (Å²) < 4.78 is 2.57. The fraction of sp³-hybridized carbons (Fsp3) is 0. The zero-order valence-corrected chi connectivity index (χ0v) is 39.3. The number of hydrogen-bond donors (Lipinski definition) is 0. The van der Waals surface area contributed by atoms with Crippen LogP contribution in [0.4, 0.5) is 68.2 Å². The summed E-state index contributed by atoms with van der Waals surface area (Å²) in [5.74, 6) is 0. The summed E-state index contributed by atoms with van der Waals surface area (Å²) in [6.07, 6.45) is 0. The Morgan fingerprint density at radius 2 is 0.535 bits per heavy atom. The molecule has 71 heavy (non-hydrogen) atoms. The second-order valence-corrected chi connectivity index (χ2v) is 19.5. The van der Waals surface area contributed by atoms with Crippen LogP contribution in [-0.2, 0) is 0 Å². The SMILES string of the molecule is c1ccc(N2c3ccccc3N(c3ccc4c(c3)-c3ccccc3-c3ccc(N5c6ccccc6N(c6ccccc6)c6cc7c(cc65)sc5ccccc57)cc3-c3ccccc3-4)c3ccccc32)cc1. The van der Waals surface area contributed by atoms with Crippen molar-refractivity contribution < 1.29 is 0 Å². The Kier molecular flexibility index (Phi) is 8.79. The molecule has 332 valence electrons. The average Bonchev–Trinajstić information content (AvgIpc) is 3.80. The summed E-state index contributed by atoms with van der Waals surface area (Å²) in [7, 11) is 0. The van der Waals surface area contributed by atoms with Gasteiger partial charge in [-0.15, -0.1) is 11.3 Å². The van der Waals surface area contributed by atoms with E-state index >= 15 is 0 Å². The van der Waals surface area contributed by atoms with Crippen molar-refractivity contribution in [2.45, 2.75) is 0 Å². The van der Waals surface area contributed by atoms with Gasteiger partial charge in [0, 0.05) is 42.9 Å². The Bertz CT molecular complexity index is 4050. The summed E-state index contributed by atoms with van der Waals surface area (Å²) in [6, 6.07) is 93.8. The highest BCUT2D eigenvalue weighted by atomic mass is 32.1. The molecule has 3 heterocycles. The third-order valence-corrected chi connectivity index (χ3v) is 15.7. The van der Waals surface area contributed by atoms with Gasteiger partial charge < -0.3 is 19.6 Å². The lowest BCUT2D eigenvalue weighted by atomic mass is 9.80. The molecule has 0 spiro atoms. The second kappa shape index (κ2) is 15.7. The first-order valence-electron chi connectivity index (χ1n) is 24.3. The molecule has 0 bridgehead atoms. The molecule has 0 amide bonds. The Morgan fingerprint density at radius 1 is 0.197 bits per heavy atom. The van der Waals surface area contributed by atoms with Crippen molar-refractivity contribution >= 4 is 99.8 Å². The molecule has 0 unspecified atom stereocenters. The first kappa shape index (κ1) is 39.8. The lowest BCUT2D eigenvalue weighted by Gasteiger charge is -2.41. The second-order valence-electron chi connectivity index (χ2n) is 18.5. The van der Waals surface area contributed by atoms with E-state index in [9.17, 15) is 0 Å². The minimum atomic E-state index is 1.11. The summed E-state index contributed by atoms with van der Waals surface area (Å²) >= 11 is 1.87. The summed E-state index contributed by atoms with van der Waals surface area (Å²) in [6.45, 7) is 0. The standard InChI is InChI=1S/C66H42N4S/c1-3-19-43(20-4-1)67-57-28-12-15-31-60(57)69(61-32-16-13-29-58(61)67)45-35-37-51-48-24-8-10-26-50(48)55-40-46(36-38-52(55)47-23-7-9-25-49(47)54(51)39-45)70-62-33-17-14-30-59(62)68(44-21-5-2-6-22-44)63-41-56-53-27-11-18-34-65(53)71-66(56)42-64(63)70/h1-42H. The van der Waals surface area contributed by atoms with Crippen LogP contribution < -0.4 is 19.6 Å². The van der Waals surface area contributed by atoms with Crippen LogP contribution in [0.5, 0.6) is 0 Å². The van der Waals surface area contributed by atoms with Gasteiger partial charge in [-0.1, -0.05) is 152 Å². The number of fused-ring (bicyclic) bond motifs is 15. The maximum Gasteiger partial charge on any atom is 0.0717 e. The Hall–Kier alpha value is -9.16. The molecule has 0 N–H and O–H groups in total. The topological polar surface area (TPSA) is 13.0 Å². The van der Waals surface area contributed by atoms with Crippen molar-refractivity contribution in [1.29, 1.82) is 0 Å². The molecular weight excluding hydrogens is 881 g/mol. The van der Waals surface area contributed by atoms with E-state index in [2.05, 4.69) is 274 Å². The lowest BCUT2D eigenvalue weighted by molar-refractivity contribution is 1.17. The number of hydrogen-bond acceptors (Lipinski definition) is 5. The van der Waals surface area contributed by atoms with Crippen LogP contribution in [0.15, 0.2) is 255 Å². The van der Waals surface area contributed by atoms with Gasteiger partial charge in [0.25, 0.3) is 0 Å². The third-order valence-electron chi connectivity index (χ3n) is 14.6. The molecule has 4 nitrogen and oxygen atoms in total. The van der Waals surface area contributed by atoms with E-state index in [1.54, 1.807) is 0 Å². The molecule has 0 radical (unpaired) electrons. The van der Waals surface area contributed by atoms with Crippen molar-refractivity contribution in [1.82, 2.24) is 0 Å². The number of benzene rings is 11. The fourth-order valence-corrected chi connectivity index (χ4v) is 12.7. The molecule has 0 atom stereocenters. The van der Waals surface area contributed by atoms with Gasteiger partial charge in [-0.05, 0) is 148 Å². The monoisotopic (exact) mass is 922 g/mol. The summed E-state index contributed by atoms with van der Waals surface area (Å²) in [5, 5.41) is 2.57.